The quantitative estimate of drug-likeness (QED) is 0.190. The summed E-state index contributed by atoms with van der Waals surface area (Å²) in [5.74, 6) is -0.325. The molecular formula is C44H26F2N2O2S2. The third-order valence-electron chi connectivity index (χ3n) is 9.08. The molecule has 52 heavy (non-hydrogen) atoms. The molecule has 4 aromatic carbocycles. The van der Waals surface area contributed by atoms with E-state index in [2.05, 4.69) is 12.1 Å². The van der Waals surface area contributed by atoms with Crippen LogP contribution in [0.4, 0.5) is 8.78 Å². The number of thiophene rings is 2. The highest BCUT2D eigenvalue weighted by Crippen LogP contribution is 2.43. The molecule has 0 saturated heterocycles. The van der Waals surface area contributed by atoms with Crippen LogP contribution >= 0.6 is 22.7 Å². The van der Waals surface area contributed by atoms with Gasteiger partial charge in [-0.25, -0.2) is 18.7 Å². The molecule has 2 aliphatic rings. The van der Waals surface area contributed by atoms with Gasteiger partial charge in [-0.2, -0.15) is 0 Å². The third kappa shape index (κ3) is 5.78. The maximum absolute atomic E-state index is 14.2. The molecule has 0 unspecified atom stereocenters. The fourth-order valence-electron chi connectivity index (χ4n) is 6.65. The average Bonchev–Trinajstić information content (AvgIpc) is 3.99. The maximum atomic E-state index is 14.2. The molecule has 0 spiro atoms. The van der Waals surface area contributed by atoms with Crippen molar-refractivity contribution in [3.63, 3.8) is 0 Å². The molecule has 0 atom stereocenters. The molecular weight excluding hydrogens is 691 g/mol. The SMILES string of the molecule is Oc1ccc(-c2c3nc(c(-c4ccc(F)cc4)c4ccc(s4)c(-c4ccc(F)cc4)c4nc(c(-c5ccc(O)cc5)c5ccc2s5)C=C4)C=C3)cc1. The van der Waals surface area contributed by atoms with Gasteiger partial charge in [-0.3, -0.25) is 0 Å². The molecule has 2 aliphatic heterocycles. The van der Waals surface area contributed by atoms with Gasteiger partial charge in [-0.1, -0.05) is 48.5 Å². The van der Waals surface area contributed by atoms with E-state index in [0.717, 1.165) is 86.1 Å². The lowest BCUT2D eigenvalue weighted by Crippen LogP contribution is -1.87. The average molecular weight is 717 g/mol. The van der Waals surface area contributed by atoms with Crippen molar-refractivity contribution in [2.24, 2.45) is 0 Å². The lowest BCUT2D eigenvalue weighted by Gasteiger charge is -2.06. The van der Waals surface area contributed by atoms with E-state index in [4.69, 9.17) is 9.97 Å². The summed E-state index contributed by atoms with van der Waals surface area (Å²) in [5, 5.41) is 20.3. The van der Waals surface area contributed by atoms with Crippen LogP contribution < -0.4 is 0 Å². The van der Waals surface area contributed by atoms with Crippen LogP contribution in [0, 0.1) is 11.6 Å². The number of phenols is 2. The zero-order valence-corrected chi connectivity index (χ0v) is 28.9. The first-order valence-electron chi connectivity index (χ1n) is 16.5. The molecule has 250 valence electrons. The molecule has 4 nitrogen and oxygen atoms in total. The lowest BCUT2D eigenvalue weighted by atomic mass is 10.0. The van der Waals surface area contributed by atoms with E-state index in [1.165, 1.54) is 24.3 Å². The molecule has 9 rings (SSSR count). The molecule has 8 bridgehead atoms. The Bertz CT molecular complexity index is 2380. The minimum Gasteiger partial charge on any atom is -0.508 e. The van der Waals surface area contributed by atoms with Gasteiger partial charge in [0.2, 0.25) is 0 Å². The Labute approximate surface area is 305 Å². The van der Waals surface area contributed by atoms with E-state index in [1.54, 1.807) is 71.2 Å². The van der Waals surface area contributed by atoms with Gasteiger partial charge in [0.1, 0.15) is 23.1 Å². The number of phenolic OH excluding ortho intramolecular Hbond substituents is 2. The highest BCUT2D eigenvalue weighted by molar-refractivity contribution is 7.24. The van der Waals surface area contributed by atoms with Crippen molar-refractivity contribution >= 4 is 65.8 Å². The first-order chi connectivity index (χ1) is 25.4. The smallest absolute Gasteiger partial charge is 0.123 e. The minimum absolute atomic E-state index is 0.166. The largest absolute Gasteiger partial charge is 0.508 e. The summed E-state index contributed by atoms with van der Waals surface area (Å²) in [6.45, 7) is 0. The number of aromatic hydroxyl groups is 2. The van der Waals surface area contributed by atoms with E-state index < -0.39 is 0 Å². The van der Waals surface area contributed by atoms with Gasteiger partial charge in [0.05, 0.1) is 22.8 Å². The van der Waals surface area contributed by atoms with E-state index >= 15 is 0 Å². The van der Waals surface area contributed by atoms with Crippen molar-refractivity contribution in [3.8, 4) is 56.0 Å². The number of nitrogens with zero attached hydrogens (tertiary/aromatic N) is 2. The fourth-order valence-corrected chi connectivity index (χ4v) is 8.97. The predicted molar refractivity (Wildman–Crippen MR) is 211 cm³/mol. The van der Waals surface area contributed by atoms with Crippen LogP contribution in [0.5, 0.6) is 11.5 Å². The van der Waals surface area contributed by atoms with Crippen LogP contribution in [0.3, 0.4) is 0 Å². The number of hydrogen-bond donors (Lipinski definition) is 2. The normalized spacial score (nSPS) is 12.0. The number of fused-ring (bicyclic) bond motifs is 8. The number of hydrogen-bond acceptors (Lipinski definition) is 6. The Kier molecular flexibility index (Phi) is 7.83. The van der Waals surface area contributed by atoms with E-state index in [9.17, 15) is 19.0 Å². The number of rotatable bonds is 4. The Hall–Kier alpha value is -6.22. The molecule has 0 saturated carbocycles. The van der Waals surface area contributed by atoms with E-state index in [-0.39, 0.29) is 23.1 Å². The number of halogens is 2. The summed E-state index contributed by atoms with van der Waals surface area (Å²) < 4.78 is 32.2. The summed E-state index contributed by atoms with van der Waals surface area (Å²) in [5.41, 5.74) is 9.84. The molecule has 5 heterocycles. The molecule has 0 fully saturated rings. The minimum atomic E-state index is -0.328. The molecule has 7 aromatic rings. The molecule has 0 radical (unpaired) electrons. The van der Waals surface area contributed by atoms with Crippen LogP contribution in [-0.2, 0) is 0 Å². The molecule has 2 N–H and O–H groups in total. The van der Waals surface area contributed by atoms with Crippen LogP contribution in [0.25, 0.3) is 87.6 Å². The van der Waals surface area contributed by atoms with Crippen molar-refractivity contribution in [2.45, 2.75) is 0 Å². The molecule has 0 aliphatic carbocycles. The Morgan fingerprint density at radius 2 is 0.596 bits per heavy atom. The van der Waals surface area contributed by atoms with Crippen molar-refractivity contribution < 1.29 is 19.0 Å². The molecule has 3 aromatic heterocycles. The monoisotopic (exact) mass is 716 g/mol. The Balaban J connectivity index is 1.47. The van der Waals surface area contributed by atoms with Crippen molar-refractivity contribution in [1.29, 1.82) is 0 Å². The molecule has 8 heteroatoms. The van der Waals surface area contributed by atoms with Gasteiger partial charge < -0.3 is 10.2 Å². The molecule has 0 amide bonds. The van der Waals surface area contributed by atoms with Crippen LogP contribution in [0.2, 0.25) is 0 Å². The van der Waals surface area contributed by atoms with Gasteiger partial charge in [0.25, 0.3) is 0 Å². The predicted octanol–water partition coefficient (Wildman–Crippen LogP) is 12.5. The van der Waals surface area contributed by atoms with Crippen molar-refractivity contribution in [2.75, 3.05) is 0 Å². The van der Waals surface area contributed by atoms with Crippen molar-refractivity contribution in [3.05, 3.63) is 156 Å². The van der Waals surface area contributed by atoms with Crippen molar-refractivity contribution in [1.82, 2.24) is 9.97 Å². The highest BCUT2D eigenvalue weighted by atomic mass is 32.1. The zero-order valence-electron chi connectivity index (χ0n) is 27.2. The van der Waals surface area contributed by atoms with Gasteiger partial charge in [-0.15, -0.1) is 22.7 Å². The zero-order chi connectivity index (χ0) is 35.3. The highest BCUT2D eigenvalue weighted by Gasteiger charge is 2.19. The first kappa shape index (κ1) is 31.7. The van der Waals surface area contributed by atoms with Crippen LogP contribution in [0.1, 0.15) is 22.8 Å². The van der Waals surface area contributed by atoms with E-state index in [0.29, 0.717) is 0 Å². The standard InChI is InChI=1S/C44H26F2N2O2S2/c45-29-9-1-25(2-10-29)41-33-17-19-35(47-33)43(27-5-13-31(49)14-6-27)39-23-24-40(52-39)44(28-7-15-32(50)16-8-28)36-20-18-34(48-36)42(38-22-21-37(41)51-38)26-3-11-30(46)12-4-26/h1-24,49-50H. The van der Waals surface area contributed by atoms with Gasteiger partial charge in [0, 0.05) is 41.1 Å². The fraction of sp³-hybridized carbons (Fsp3) is 0. The van der Waals surface area contributed by atoms with Crippen LogP contribution in [0.15, 0.2) is 121 Å². The Morgan fingerprint density at radius 1 is 0.346 bits per heavy atom. The summed E-state index contributed by atoms with van der Waals surface area (Å²) in [4.78, 5) is 10.5. The lowest BCUT2D eigenvalue weighted by molar-refractivity contribution is 0.475. The topological polar surface area (TPSA) is 66.2 Å². The van der Waals surface area contributed by atoms with E-state index in [1.807, 2.05) is 60.7 Å². The second-order valence-corrected chi connectivity index (χ2v) is 14.5. The van der Waals surface area contributed by atoms with Crippen LogP contribution in [-0.4, -0.2) is 20.2 Å². The second-order valence-electron chi connectivity index (χ2n) is 12.4. The van der Waals surface area contributed by atoms with Gasteiger partial charge in [0.15, 0.2) is 0 Å². The Morgan fingerprint density at radius 3 is 0.865 bits per heavy atom. The maximum Gasteiger partial charge on any atom is 0.123 e. The summed E-state index contributed by atoms with van der Waals surface area (Å²) in [6.07, 6.45) is 7.98. The summed E-state index contributed by atoms with van der Waals surface area (Å²) >= 11 is 3.16. The summed E-state index contributed by atoms with van der Waals surface area (Å²) in [7, 11) is 0. The third-order valence-corrected chi connectivity index (χ3v) is 11.3. The first-order valence-corrected chi connectivity index (χ1v) is 18.1. The summed E-state index contributed by atoms with van der Waals surface area (Å²) in [6, 6.07) is 35.3. The second kappa shape index (κ2) is 12.8. The number of benzene rings is 4. The van der Waals surface area contributed by atoms with Gasteiger partial charge in [-0.05, 0) is 119 Å². The number of aromatic nitrogens is 2. The van der Waals surface area contributed by atoms with Gasteiger partial charge >= 0.3 is 0 Å².